The van der Waals surface area contributed by atoms with E-state index in [9.17, 15) is 14.0 Å². The van der Waals surface area contributed by atoms with Crippen molar-refractivity contribution < 1.29 is 19.1 Å². The Hall–Kier alpha value is -1.82. The smallest absolute Gasteiger partial charge is 0.407 e. The van der Waals surface area contributed by atoms with Gasteiger partial charge in [-0.1, -0.05) is 30.7 Å². The van der Waals surface area contributed by atoms with Crippen LogP contribution in [-0.4, -0.2) is 34.6 Å². The second-order valence-electron chi connectivity index (χ2n) is 5.22. The van der Waals surface area contributed by atoms with Crippen LogP contribution in [0.2, 0.25) is 5.02 Å². The molecule has 7 heteroatoms. The maximum Gasteiger partial charge on any atom is 0.407 e. The van der Waals surface area contributed by atoms with E-state index in [-0.39, 0.29) is 23.0 Å². The van der Waals surface area contributed by atoms with Gasteiger partial charge < -0.3 is 10.4 Å². The SMILES string of the molecule is CC1CC(C(=O)NCc2cccc(Cl)c2F)N(C(=O)O)C1. The number of hydrogen-bond donors (Lipinski definition) is 2. The Kier molecular flexibility index (Phi) is 4.67. The average Bonchev–Trinajstić information content (AvgIpc) is 2.82. The molecule has 0 saturated carbocycles. The highest BCUT2D eigenvalue weighted by Gasteiger charge is 2.37. The van der Waals surface area contributed by atoms with Crippen LogP contribution in [0.15, 0.2) is 18.2 Å². The molecule has 1 aromatic rings. The molecule has 1 aliphatic rings. The predicted molar refractivity (Wildman–Crippen MR) is 75.6 cm³/mol. The van der Waals surface area contributed by atoms with E-state index < -0.39 is 23.9 Å². The monoisotopic (exact) mass is 314 g/mol. The van der Waals surface area contributed by atoms with Crippen LogP contribution in [0.25, 0.3) is 0 Å². The van der Waals surface area contributed by atoms with E-state index in [4.69, 9.17) is 16.7 Å². The first-order chi connectivity index (χ1) is 9.90. The van der Waals surface area contributed by atoms with Gasteiger partial charge in [-0.2, -0.15) is 0 Å². The predicted octanol–water partition coefficient (Wildman–Crippen LogP) is 2.48. The number of amides is 2. The van der Waals surface area contributed by atoms with E-state index in [1.54, 1.807) is 6.07 Å². The molecule has 1 aliphatic heterocycles. The number of halogens is 2. The highest BCUT2D eigenvalue weighted by molar-refractivity contribution is 6.30. The van der Waals surface area contributed by atoms with Crippen LogP contribution < -0.4 is 5.32 Å². The van der Waals surface area contributed by atoms with Crippen molar-refractivity contribution in [2.45, 2.75) is 25.9 Å². The van der Waals surface area contributed by atoms with Gasteiger partial charge in [-0.3, -0.25) is 9.69 Å². The second kappa shape index (κ2) is 6.30. The van der Waals surface area contributed by atoms with E-state index in [0.717, 1.165) is 4.90 Å². The summed E-state index contributed by atoms with van der Waals surface area (Å²) in [6.07, 6.45) is -0.649. The van der Waals surface area contributed by atoms with Crippen molar-refractivity contribution in [1.82, 2.24) is 10.2 Å². The number of nitrogens with zero attached hydrogens (tertiary/aromatic N) is 1. The largest absolute Gasteiger partial charge is 0.465 e. The fraction of sp³-hybridized carbons (Fsp3) is 0.429. The second-order valence-corrected chi connectivity index (χ2v) is 5.63. The van der Waals surface area contributed by atoms with Crippen molar-refractivity contribution in [2.24, 2.45) is 5.92 Å². The van der Waals surface area contributed by atoms with E-state index >= 15 is 0 Å². The molecule has 2 unspecified atom stereocenters. The molecule has 2 rings (SSSR count). The quantitative estimate of drug-likeness (QED) is 0.900. The zero-order chi connectivity index (χ0) is 15.6. The van der Waals surface area contributed by atoms with E-state index in [2.05, 4.69) is 5.32 Å². The number of rotatable bonds is 3. The fourth-order valence-electron chi connectivity index (χ4n) is 2.49. The normalized spacial score (nSPS) is 21.4. The Labute approximate surface area is 126 Å². The van der Waals surface area contributed by atoms with Crippen LogP contribution >= 0.6 is 11.6 Å². The van der Waals surface area contributed by atoms with Crippen LogP contribution in [0, 0.1) is 11.7 Å². The van der Waals surface area contributed by atoms with Crippen LogP contribution in [0.3, 0.4) is 0 Å². The Morgan fingerprint density at radius 1 is 1.52 bits per heavy atom. The molecule has 0 bridgehead atoms. The summed E-state index contributed by atoms with van der Waals surface area (Å²) in [5.74, 6) is -0.866. The van der Waals surface area contributed by atoms with Gasteiger partial charge >= 0.3 is 6.09 Å². The highest BCUT2D eigenvalue weighted by Crippen LogP contribution is 2.23. The van der Waals surface area contributed by atoms with Gasteiger partial charge in [-0.25, -0.2) is 9.18 Å². The van der Waals surface area contributed by atoms with Gasteiger partial charge in [0.1, 0.15) is 11.9 Å². The molecule has 21 heavy (non-hydrogen) atoms. The fourth-order valence-corrected chi connectivity index (χ4v) is 2.69. The standard InChI is InChI=1S/C14H16ClFN2O3/c1-8-5-11(18(7-8)14(20)21)13(19)17-6-9-3-2-4-10(15)12(9)16/h2-4,8,11H,5-7H2,1H3,(H,17,19)(H,20,21). The van der Waals surface area contributed by atoms with Crippen molar-refractivity contribution in [3.05, 3.63) is 34.6 Å². The summed E-state index contributed by atoms with van der Waals surface area (Å²) in [4.78, 5) is 24.3. The molecule has 0 radical (unpaired) electrons. The molecule has 1 aromatic carbocycles. The zero-order valence-electron chi connectivity index (χ0n) is 11.5. The third kappa shape index (κ3) is 3.44. The van der Waals surface area contributed by atoms with Crippen molar-refractivity contribution >= 4 is 23.6 Å². The molecule has 0 aromatic heterocycles. The Morgan fingerprint density at radius 3 is 2.90 bits per heavy atom. The topological polar surface area (TPSA) is 69.6 Å². The summed E-state index contributed by atoms with van der Waals surface area (Å²) in [7, 11) is 0. The summed E-state index contributed by atoms with van der Waals surface area (Å²) in [5.41, 5.74) is 0.267. The number of carboxylic acid groups (broad SMARTS) is 1. The van der Waals surface area contributed by atoms with E-state index in [0.29, 0.717) is 13.0 Å². The Balaban J connectivity index is 2.01. The molecule has 114 valence electrons. The zero-order valence-corrected chi connectivity index (χ0v) is 12.2. The molecule has 5 nitrogen and oxygen atoms in total. The molecule has 0 aliphatic carbocycles. The molecular weight excluding hydrogens is 299 g/mol. The number of likely N-dealkylation sites (tertiary alicyclic amines) is 1. The molecule has 2 N–H and O–H groups in total. The minimum atomic E-state index is -1.12. The minimum absolute atomic E-state index is 0.0107. The van der Waals surface area contributed by atoms with Crippen LogP contribution in [-0.2, 0) is 11.3 Å². The first kappa shape index (κ1) is 15.6. The lowest BCUT2D eigenvalue weighted by molar-refractivity contribution is -0.125. The summed E-state index contributed by atoms with van der Waals surface area (Å²) >= 11 is 5.67. The number of hydrogen-bond acceptors (Lipinski definition) is 2. The van der Waals surface area contributed by atoms with Gasteiger partial charge in [0.25, 0.3) is 0 Å². The van der Waals surface area contributed by atoms with Crippen LogP contribution in [0.1, 0.15) is 18.9 Å². The Morgan fingerprint density at radius 2 is 2.24 bits per heavy atom. The number of benzene rings is 1. The third-order valence-electron chi connectivity index (χ3n) is 3.54. The average molecular weight is 315 g/mol. The molecule has 2 amide bonds. The molecular formula is C14H16ClFN2O3. The van der Waals surface area contributed by atoms with Gasteiger partial charge in [0.05, 0.1) is 5.02 Å². The molecule has 1 saturated heterocycles. The number of carbonyl (C=O) groups excluding carboxylic acids is 1. The maximum absolute atomic E-state index is 13.7. The van der Waals surface area contributed by atoms with Gasteiger partial charge in [0.2, 0.25) is 5.91 Å². The molecule has 2 atom stereocenters. The summed E-state index contributed by atoms with van der Waals surface area (Å²) in [5, 5.41) is 11.6. The first-order valence-electron chi connectivity index (χ1n) is 6.60. The summed E-state index contributed by atoms with van der Waals surface area (Å²) < 4.78 is 13.7. The Bertz CT molecular complexity index is 567. The van der Waals surface area contributed by atoms with Crippen molar-refractivity contribution in [3.63, 3.8) is 0 Å². The third-order valence-corrected chi connectivity index (χ3v) is 3.84. The van der Waals surface area contributed by atoms with E-state index in [1.807, 2.05) is 6.92 Å². The number of nitrogens with one attached hydrogen (secondary N) is 1. The molecule has 1 heterocycles. The van der Waals surface area contributed by atoms with Crippen LogP contribution in [0.5, 0.6) is 0 Å². The van der Waals surface area contributed by atoms with Gasteiger partial charge in [-0.15, -0.1) is 0 Å². The number of carbonyl (C=O) groups is 2. The maximum atomic E-state index is 13.7. The summed E-state index contributed by atoms with van der Waals surface area (Å²) in [6.45, 7) is 2.20. The van der Waals surface area contributed by atoms with Gasteiger partial charge in [0.15, 0.2) is 0 Å². The highest BCUT2D eigenvalue weighted by atomic mass is 35.5. The molecule has 0 spiro atoms. The lowest BCUT2D eigenvalue weighted by Crippen LogP contribution is -2.45. The lowest BCUT2D eigenvalue weighted by Gasteiger charge is -2.20. The van der Waals surface area contributed by atoms with E-state index in [1.165, 1.54) is 12.1 Å². The van der Waals surface area contributed by atoms with Crippen molar-refractivity contribution in [3.8, 4) is 0 Å². The lowest BCUT2D eigenvalue weighted by atomic mass is 10.1. The van der Waals surface area contributed by atoms with Crippen molar-refractivity contribution in [1.29, 1.82) is 0 Å². The summed E-state index contributed by atoms with van der Waals surface area (Å²) in [6, 6.07) is 3.81. The first-order valence-corrected chi connectivity index (χ1v) is 6.98. The van der Waals surface area contributed by atoms with Crippen LogP contribution in [0.4, 0.5) is 9.18 Å². The van der Waals surface area contributed by atoms with Crippen molar-refractivity contribution in [2.75, 3.05) is 6.54 Å². The van der Waals surface area contributed by atoms with Gasteiger partial charge in [-0.05, 0) is 18.4 Å². The molecule has 1 fully saturated rings. The minimum Gasteiger partial charge on any atom is -0.465 e. The van der Waals surface area contributed by atoms with Gasteiger partial charge in [0, 0.05) is 18.7 Å².